The third-order valence-electron chi connectivity index (χ3n) is 2.52. The number of nitrogens with zero attached hydrogens (tertiary/aromatic N) is 1. The Balaban J connectivity index is 2.22. The number of carbonyl (C=O) groups excluding carboxylic acids is 1. The number of ether oxygens (including phenoxy) is 1. The van der Waals surface area contributed by atoms with E-state index < -0.39 is 0 Å². The monoisotopic (exact) mass is 281 g/mol. The molecule has 16 heavy (non-hydrogen) atoms. The molecule has 0 radical (unpaired) electrons. The summed E-state index contributed by atoms with van der Waals surface area (Å²) in [5.41, 5.74) is 1.13. The fraction of sp³-hybridized carbons (Fsp3) is 0.250. The number of esters is 1. The van der Waals surface area contributed by atoms with Gasteiger partial charge < -0.3 is 9.30 Å². The van der Waals surface area contributed by atoms with Gasteiger partial charge in [-0.15, -0.1) is 0 Å². The van der Waals surface area contributed by atoms with E-state index in [1.807, 2.05) is 24.4 Å². The quantitative estimate of drug-likeness (QED) is 0.810. The number of aryl methyl sites for hydroxylation is 1. The van der Waals surface area contributed by atoms with Crippen LogP contribution in [-0.2, 0) is 16.1 Å². The predicted octanol–water partition coefficient (Wildman–Crippen LogP) is 2.97. The molecule has 1 aromatic heterocycles. The van der Waals surface area contributed by atoms with Gasteiger partial charge in [0, 0.05) is 28.1 Å². The molecule has 0 fully saturated rings. The summed E-state index contributed by atoms with van der Waals surface area (Å²) in [6, 6.07) is 8.13. The van der Waals surface area contributed by atoms with Gasteiger partial charge in [-0.05, 0) is 24.3 Å². The molecule has 0 atom stereocenters. The summed E-state index contributed by atoms with van der Waals surface area (Å²) in [5.74, 6) is -0.182. The Morgan fingerprint density at radius 3 is 3.00 bits per heavy atom. The van der Waals surface area contributed by atoms with Crippen LogP contribution in [0.1, 0.15) is 6.42 Å². The normalized spacial score (nSPS) is 10.6. The molecule has 0 aliphatic heterocycles. The van der Waals surface area contributed by atoms with Gasteiger partial charge in [0.25, 0.3) is 0 Å². The number of hydrogen-bond acceptors (Lipinski definition) is 2. The molecule has 0 spiro atoms. The van der Waals surface area contributed by atoms with Crippen molar-refractivity contribution in [2.45, 2.75) is 13.0 Å². The molecule has 0 amide bonds. The maximum atomic E-state index is 11.1. The molecule has 1 aromatic carbocycles. The Morgan fingerprint density at radius 2 is 2.25 bits per heavy atom. The largest absolute Gasteiger partial charge is 0.469 e. The smallest absolute Gasteiger partial charge is 0.307 e. The zero-order valence-electron chi connectivity index (χ0n) is 8.94. The second-order valence-corrected chi connectivity index (χ2v) is 4.45. The average molecular weight is 282 g/mol. The molecule has 0 saturated heterocycles. The van der Waals surface area contributed by atoms with Gasteiger partial charge in [-0.2, -0.15) is 0 Å². The molecule has 0 unspecified atom stereocenters. The number of hydrogen-bond donors (Lipinski definition) is 0. The van der Waals surface area contributed by atoms with Gasteiger partial charge in [-0.25, -0.2) is 0 Å². The van der Waals surface area contributed by atoms with Crippen LogP contribution in [0, 0.1) is 0 Å². The van der Waals surface area contributed by atoms with Crippen molar-refractivity contribution in [1.29, 1.82) is 0 Å². The summed E-state index contributed by atoms with van der Waals surface area (Å²) >= 11 is 3.43. The van der Waals surface area contributed by atoms with E-state index in [2.05, 4.69) is 31.3 Å². The molecule has 1 heterocycles. The summed E-state index contributed by atoms with van der Waals surface area (Å²) < 4.78 is 7.74. The van der Waals surface area contributed by atoms with Crippen LogP contribution < -0.4 is 0 Å². The van der Waals surface area contributed by atoms with E-state index in [-0.39, 0.29) is 5.97 Å². The molecule has 2 aromatic rings. The molecule has 3 nitrogen and oxygen atoms in total. The maximum Gasteiger partial charge on any atom is 0.307 e. The molecule has 0 aliphatic carbocycles. The van der Waals surface area contributed by atoms with Gasteiger partial charge in [0.05, 0.1) is 13.5 Å². The van der Waals surface area contributed by atoms with E-state index in [0.717, 1.165) is 9.99 Å². The lowest BCUT2D eigenvalue weighted by Crippen LogP contribution is -2.05. The van der Waals surface area contributed by atoms with Crippen molar-refractivity contribution in [2.75, 3.05) is 7.11 Å². The van der Waals surface area contributed by atoms with Crippen molar-refractivity contribution in [2.24, 2.45) is 0 Å². The summed E-state index contributed by atoms with van der Waals surface area (Å²) in [6.45, 7) is 0.651. The first-order valence-electron chi connectivity index (χ1n) is 5.02. The van der Waals surface area contributed by atoms with Crippen molar-refractivity contribution in [1.82, 2.24) is 4.57 Å². The first-order chi connectivity index (χ1) is 7.70. The average Bonchev–Trinajstić information content (AvgIpc) is 2.68. The maximum absolute atomic E-state index is 11.1. The predicted molar refractivity (Wildman–Crippen MR) is 66.3 cm³/mol. The topological polar surface area (TPSA) is 31.2 Å². The van der Waals surface area contributed by atoms with Crippen molar-refractivity contribution in [3.05, 3.63) is 34.9 Å². The van der Waals surface area contributed by atoms with Crippen LogP contribution in [0.5, 0.6) is 0 Å². The highest BCUT2D eigenvalue weighted by Crippen LogP contribution is 2.21. The van der Waals surface area contributed by atoms with E-state index in [9.17, 15) is 4.79 Å². The van der Waals surface area contributed by atoms with Crippen molar-refractivity contribution in [3.8, 4) is 0 Å². The Labute approximate surface area is 102 Å². The molecule has 4 heteroatoms. The Hall–Kier alpha value is -1.29. The Morgan fingerprint density at radius 1 is 1.44 bits per heavy atom. The highest BCUT2D eigenvalue weighted by atomic mass is 79.9. The van der Waals surface area contributed by atoms with Crippen LogP contribution in [0.25, 0.3) is 10.9 Å². The fourth-order valence-corrected chi connectivity index (χ4v) is 2.06. The van der Waals surface area contributed by atoms with Gasteiger partial charge in [0.2, 0.25) is 0 Å². The van der Waals surface area contributed by atoms with Crippen LogP contribution in [0.3, 0.4) is 0 Å². The minimum Gasteiger partial charge on any atom is -0.469 e. The lowest BCUT2D eigenvalue weighted by Gasteiger charge is -2.04. The third kappa shape index (κ3) is 2.27. The zero-order chi connectivity index (χ0) is 11.5. The summed E-state index contributed by atoms with van der Waals surface area (Å²) in [7, 11) is 1.41. The molecule has 0 saturated carbocycles. The van der Waals surface area contributed by atoms with E-state index >= 15 is 0 Å². The molecule has 0 aliphatic rings. The van der Waals surface area contributed by atoms with Crippen molar-refractivity contribution in [3.63, 3.8) is 0 Å². The van der Waals surface area contributed by atoms with Gasteiger partial charge in [0.15, 0.2) is 0 Å². The lowest BCUT2D eigenvalue weighted by atomic mass is 10.2. The fourth-order valence-electron chi connectivity index (χ4n) is 1.68. The number of aromatic nitrogens is 1. The van der Waals surface area contributed by atoms with Gasteiger partial charge in [-0.3, -0.25) is 4.79 Å². The van der Waals surface area contributed by atoms with Crippen LogP contribution in [0.15, 0.2) is 34.9 Å². The molecular weight excluding hydrogens is 270 g/mol. The second kappa shape index (κ2) is 4.70. The molecule has 0 bridgehead atoms. The minimum atomic E-state index is -0.182. The summed E-state index contributed by atoms with van der Waals surface area (Å²) in [4.78, 5) is 11.1. The molecule has 84 valence electrons. The molecule has 0 N–H and O–H groups in total. The second-order valence-electron chi connectivity index (χ2n) is 3.54. The number of carbonyl (C=O) groups is 1. The van der Waals surface area contributed by atoms with Crippen LogP contribution in [-0.4, -0.2) is 17.6 Å². The van der Waals surface area contributed by atoms with Crippen molar-refractivity contribution < 1.29 is 9.53 Å². The van der Waals surface area contributed by atoms with E-state index in [4.69, 9.17) is 0 Å². The molecule has 2 rings (SSSR count). The number of methoxy groups -OCH3 is 1. The molecular formula is C12H12BrNO2. The van der Waals surface area contributed by atoms with Gasteiger partial charge in [-0.1, -0.05) is 15.9 Å². The van der Waals surface area contributed by atoms with Crippen molar-refractivity contribution >= 4 is 32.8 Å². The highest BCUT2D eigenvalue weighted by molar-refractivity contribution is 9.10. The first kappa shape index (κ1) is 11.2. The number of fused-ring (bicyclic) bond motifs is 1. The number of halogens is 1. The standard InChI is InChI=1S/C12H12BrNO2/c1-16-12(15)5-7-14-6-4-9-8-10(13)2-3-11(9)14/h2-4,6,8H,5,7H2,1H3. The van der Waals surface area contributed by atoms with Gasteiger partial charge in [0.1, 0.15) is 0 Å². The summed E-state index contributed by atoms with van der Waals surface area (Å²) in [6.07, 6.45) is 2.39. The Kier molecular flexibility index (Phi) is 3.29. The minimum absolute atomic E-state index is 0.182. The van der Waals surface area contributed by atoms with E-state index in [0.29, 0.717) is 13.0 Å². The number of benzene rings is 1. The summed E-state index contributed by atoms with van der Waals surface area (Å²) in [5, 5.41) is 1.17. The van der Waals surface area contributed by atoms with Crippen LogP contribution >= 0.6 is 15.9 Å². The van der Waals surface area contributed by atoms with Crippen LogP contribution in [0.4, 0.5) is 0 Å². The highest BCUT2D eigenvalue weighted by Gasteiger charge is 2.04. The van der Waals surface area contributed by atoms with E-state index in [1.54, 1.807) is 0 Å². The third-order valence-corrected chi connectivity index (χ3v) is 3.01. The first-order valence-corrected chi connectivity index (χ1v) is 5.81. The zero-order valence-corrected chi connectivity index (χ0v) is 10.5. The Bertz CT molecular complexity index is 519. The van der Waals surface area contributed by atoms with Crippen LogP contribution in [0.2, 0.25) is 0 Å². The van der Waals surface area contributed by atoms with E-state index in [1.165, 1.54) is 12.5 Å². The van der Waals surface area contributed by atoms with Gasteiger partial charge >= 0.3 is 5.97 Å². The number of rotatable bonds is 3. The lowest BCUT2D eigenvalue weighted by molar-refractivity contribution is -0.140. The SMILES string of the molecule is COC(=O)CCn1ccc2cc(Br)ccc21.